The third kappa shape index (κ3) is 2.97. The van der Waals surface area contributed by atoms with Crippen molar-refractivity contribution in [1.82, 2.24) is 9.88 Å². The highest BCUT2D eigenvalue weighted by atomic mass is 32.2. The molecular weight excluding hydrogens is 240 g/mol. The lowest BCUT2D eigenvalue weighted by Gasteiger charge is -2.29. The molecule has 2 rings (SSSR count). The first-order valence-corrected chi connectivity index (χ1v) is 6.24. The Bertz CT molecular complexity index is 424. The van der Waals surface area contributed by atoms with E-state index in [-0.39, 0.29) is 18.2 Å². The molecule has 1 unspecified atom stereocenters. The standard InChI is InChI=1S/C11H12N2O3S/c14-10-7-17-9(11(15)16)6-13(10)5-8-3-1-2-4-12-8/h1-4,9H,5-7H2,(H,15,16). The van der Waals surface area contributed by atoms with Gasteiger partial charge in [-0.1, -0.05) is 6.07 Å². The first-order chi connectivity index (χ1) is 8.16. The van der Waals surface area contributed by atoms with Gasteiger partial charge in [0.15, 0.2) is 0 Å². The zero-order chi connectivity index (χ0) is 12.3. The molecule has 0 spiro atoms. The van der Waals surface area contributed by atoms with Crippen LogP contribution in [-0.2, 0) is 16.1 Å². The van der Waals surface area contributed by atoms with Gasteiger partial charge in [0.1, 0.15) is 5.25 Å². The van der Waals surface area contributed by atoms with E-state index in [9.17, 15) is 9.59 Å². The Balaban J connectivity index is 2.04. The van der Waals surface area contributed by atoms with E-state index in [0.29, 0.717) is 6.54 Å². The van der Waals surface area contributed by atoms with Crippen molar-refractivity contribution in [3.05, 3.63) is 30.1 Å². The third-order valence-corrected chi connectivity index (χ3v) is 3.67. The summed E-state index contributed by atoms with van der Waals surface area (Å²) in [6, 6.07) is 5.47. The van der Waals surface area contributed by atoms with Crippen LogP contribution in [0.5, 0.6) is 0 Å². The second kappa shape index (κ2) is 5.18. The average Bonchev–Trinajstić information content (AvgIpc) is 2.33. The molecule has 1 fully saturated rings. The number of hydrogen-bond acceptors (Lipinski definition) is 4. The molecule has 1 aliphatic rings. The van der Waals surface area contributed by atoms with Crippen LogP contribution in [0.25, 0.3) is 0 Å². The number of aliphatic carboxylic acids is 1. The maximum atomic E-state index is 11.7. The van der Waals surface area contributed by atoms with E-state index in [0.717, 1.165) is 5.69 Å². The van der Waals surface area contributed by atoms with Crippen molar-refractivity contribution in [2.75, 3.05) is 12.3 Å². The molecule has 0 bridgehead atoms. The summed E-state index contributed by atoms with van der Waals surface area (Å²) < 4.78 is 0. The summed E-state index contributed by atoms with van der Waals surface area (Å²) in [6.45, 7) is 0.624. The maximum Gasteiger partial charge on any atom is 0.318 e. The van der Waals surface area contributed by atoms with Gasteiger partial charge < -0.3 is 10.0 Å². The summed E-state index contributed by atoms with van der Waals surface area (Å²) >= 11 is 1.18. The third-order valence-electron chi connectivity index (χ3n) is 2.50. The van der Waals surface area contributed by atoms with Crippen molar-refractivity contribution in [2.45, 2.75) is 11.8 Å². The lowest BCUT2D eigenvalue weighted by atomic mass is 10.3. The van der Waals surface area contributed by atoms with Crippen LogP contribution in [0.3, 0.4) is 0 Å². The number of hydrogen-bond donors (Lipinski definition) is 1. The second-order valence-corrected chi connectivity index (χ2v) is 4.92. The molecule has 0 saturated carbocycles. The van der Waals surface area contributed by atoms with Crippen molar-refractivity contribution in [3.63, 3.8) is 0 Å². The van der Waals surface area contributed by atoms with E-state index in [1.54, 1.807) is 17.2 Å². The highest BCUT2D eigenvalue weighted by molar-refractivity contribution is 8.01. The molecule has 1 amide bonds. The monoisotopic (exact) mass is 252 g/mol. The quantitative estimate of drug-likeness (QED) is 0.853. The molecule has 0 aromatic carbocycles. The van der Waals surface area contributed by atoms with E-state index in [1.165, 1.54) is 11.8 Å². The van der Waals surface area contributed by atoms with Gasteiger partial charge in [0, 0.05) is 12.7 Å². The number of carboxylic acid groups (broad SMARTS) is 1. The molecule has 1 aromatic heterocycles. The Labute approximate surface area is 103 Å². The van der Waals surface area contributed by atoms with Crippen LogP contribution in [0.15, 0.2) is 24.4 Å². The summed E-state index contributed by atoms with van der Waals surface area (Å²) in [5.74, 6) is -0.671. The maximum absolute atomic E-state index is 11.7. The molecule has 2 heterocycles. The normalized spacial score (nSPS) is 20.4. The Morgan fingerprint density at radius 3 is 3.06 bits per heavy atom. The van der Waals surface area contributed by atoms with Crippen LogP contribution in [0, 0.1) is 0 Å². The predicted molar refractivity (Wildman–Crippen MR) is 63.5 cm³/mol. The van der Waals surface area contributed by atoms with Gasteiger partial charge >= 0.3 is 5.97 Å². The van der Waals surface area contributed by atoms with E-state index in [1.807, 2.05) is 12.1 Å². The summed E-state index contributed by atoms with van der Waals surface area (Å²) in [5, 5.41) is 8.40. The SMILES string of the molecule is O=C(O)C1CN(Cc2ccccn2)C(=O)CS1. The molecule has 6 heteroatoms. The minimum Gasteiger partial charge on any atom is -0.480 e. The van der Waals surface area contributed by atoms with Gasteiger partial charge in [-0.2, -0.15) is 0 Å². The van der Waals surface area contributed by atoms with Crippen molar-refractivity contribution >= 4 is 23.6 Å². The van der Waals surface area contributed by atoms with Gasteiger partial charge in [-0.3, -0.25) is 14.6 Å². The van der Waals surface area contributed by atoms with Gasteiger partial charge in [-0.25, -0.2) is 0 Å². The van der Waals surface area contributed by atoms with Gasteiger partial charge in [0.05, 0.1) is 18.0 Å². The number of carbonyl (C=O) groups is 2. The van der Waals surface area contributed by atoms with Crippen LogP contribution in [0.4, 0.5) is 0 Å². The Morgan fingerprint density at radius 1 is 1.59 bits per heavy atom. The number of carboxylic acids is 1. The Kier molecular flexibility index (Phi) is 3.63. The van der Waals surface area contributed by atoms with E-state index in [2.05, 4.69) is 4.98 Å². The summed E-state index contributed by atoms with van der Waals surface area (Å²) in [6.07, 6.45) is 1.66. The van der Waals surface area contributed by atoms with Crippen LogP contribution in [0.1, 0.15) is 5.69 Å². The zero-order valence-electron chi connectivity index (χ0n) is 9.07. The molecule has 1 N–H and O–H groups in total. The minimum absolute atomic E-state index is 0.0295. The zero-order valence-corrected chi connectivity index (χ0v) is 9.89. The second-order valence-electron chi connectivity index (χ2n) is 3.73. The molecule has 0 aliphatic carbocycles. The molecule has 1 saturated heterocycles. The van der Waals surface area contributed by atoms with Gasteiger partial charge in [-0.15, -0.1) is 11.8 Å². The number of aromatic nitrogens is 1. The number of rotatable bonds is 3. The highest BCUT2D eigenvalue weighted by Crippen LogP contribution is 2.20. The number of thioether (sulfide) groups is 1. The van der Waals surface area contributed by atoms with E-state index < -0.39 is 11.2 Å². The number of pyridine rings is 1. The summed E-state index contributed by atoms with van der Waals surface area (Å²) in [4.78, 5) is 28.2. The van der Waals surface area contributed by atoms with Crippen LogP contribution < -0.4 is 0 Å². The first-order valence-electron chi connectivity index (χ1n) is 5.19. The molecule has 0 radical (unpaired) electrons. The number of amides is 1. The predicted octanol–water partition coefficient (Wildman–Crippen LogP) is 0.610. The topological polar surface area (TPSA) is 70.5 Å². The minimum atomic E-state index is -0.867. The number of nitrogens with zero attached hydrogens (tertiary/aromatic N) is 2. The largest absolute Gasteiger partial charge is 0.480 e. The van der Waals surface area contributed by atoms with Crippen molar-refractivity contribution in [1.29, 1.82) is 0 Å². The van der Waals surface area contributed by atoms with Crippen LogP contribution >= 0.6 is 11.8 Å². The van der Waals surface area contributed by atoms with Crippen molar-refractivity contribution in [2.24, 2.45) is 0 Å². The highest BCUT2D eigenvalue weighted by Gasteiger charge is 2.30. The smallest absolute Gasteiger partial charge is 0.318 e. The lowest BCUT2D eigenvalue weighted by Crippen LogP contribution is -2.44. The summed E-state index contributed by atoms with van der Waals surface area (Å²) in [5.41, 5.74) is 0.775. The molecule has 5 nitrogen and oxygen atoms in total. The van der Waals surface area contributed by atoms with Gasteiger partial charge in [0.25, 0.3) is 0 Å². The Morgan fingerprint density at radius 2 is 2.41 bits per heavy atom. The molecular formula is C11H12N2O3S. The fourth-order valence-corrected chi connectivity index (χ4v) is 2.56. The van der Waals surface area contributed by atoms with Crippen molar-refractivity contribution in [3.8, 4) is 0 Å². The van der Waals surface area contributed by atoms with Gasteiger partial charge in [-0.05, 0) is 12.1 Å². The average molecular weight is 252 g/mol. The molecule has 1 aromatic rings. The first kappa shape index (κ1) is 11.9. The Hall–Kier alpha value is -1.56. The fourth-order valence-electron chi connectivity index (χ4n) is 1.61. The lowest BCUT2D eigenvalue weighted by molar-refractivity contribution is -0.138. The van der Waals surface area contributed by atoms with Crippen LogP contribution in [0.2, 0.25) is 0 Å². The van der Waals surface area contributed by atoms with Crippen molar-refractivity contribution < 1.29 is 14.7 Å². The fraction of sp³-hybridized carbons (Fsp3) is 0.364. The molecule has 90 valence electrons. The van der Waals surface area contributed by atoms with E-state index >= 15 is 0 Å². The molecule has 1 aliphatic heterocycles. The number of carbonyl (C=O) groups excluding carboxylic acids is 1. The van der Waals surface area contributed by atoms with Gasteiger partial charge in [0.2, 0.25) is 5.91 Å². The molecule has 17 heavy (non-hydrogen) atoms. The summed E-state index contributed by atoms with van der Waals surface area (Å²) in [7, 11) is 0. The van der Waals surface area contributed by atoms with E-state index in [4.69, 9.17) is 5.11 Å². The molecule has 1 atom stereocenters. The van der Waals surface area contributed by atoms with Crippen LogP contribution in [-0.4, -0.2) is 44.4 Å².